The highest BCUT2D eigenvalue weighted by atomic mass is 16.5. The molecule has 7 nitrogen and oxygen atoms in total. The molecule has 2 heterocycles. The third-order valence-corrected chi connectivity index (χ3v) is 4.94. The molecule has 160 valence electrons. The van der Waals surface area contributed by atoms with Crippen LogP contribution in [0.1, 0.15) is 15.9 Å². The number of rotatable bonds is 5. The van der Waals surface area contributed by atoms with Gasteiger partial charge in [0.15, 0.2) is 5.76 Å². The summed E-state index contributed by atoms with van der Waals surface area (Å²) in [6.07, 6.45) is 2.96. The molecule has 0 spiro atoms. The molecule has 3 aromatic carbocycles. The Morgan fingerprint density at radius 1 is 0.909 bits per heavy atom. The van der Waals surface area contributed by atoms with Crippen molar-refractivity contribution in [3.8, 4) is 17.3 Å². The van der Waals surface area contributed by atoms with E-state index in [9.17, 15) is 9.59 Å². The zero-order valence-electron chi connectivity index (χ0n) is 17.3. The highest BCUT2D eigenvalue weighted by Crippen LogP contribution is 2.21. The van der Waals surface area contributed by atoms with Gasteiger partial charge in [-0.3, -0.25) is 4.79 Å². The molecule has 5 rings (SSSR count). The van der Waals surface area contributed by atoms with Crippen molar-refractivity contribution < 1.29 is 13.9 Å². The van der Waals surface area contributed by atoms with Gasteiger partial charge in [-0.1, -0.05) is 42.5 Å². The van der Waals surface area contributed by atoms with Gasteiger partial charge in [-0.2, -0.15) is 9.78 Å². The smallest absolute Gasteiger partial charge is 0.343 e. The summed E-state index contributed by atoms with van der Waals surface area (Å²) in [6, 6.07) is 26.1. The predicted molar refractivity (Wildman–Crippen MR) is 125 cm³/mol. The van der Waals surface area contributed by atoms with Gasteiger partial charge in [-0.05, 0) is 48.5 Å². The van der Waals surface area contributed by atoms with Crippen LogP contribution in [0.2, 0.25) is 0 Å². The van der Waals surface area contributed by atoms with Gasteiger partial charge < -0.3 is 9.15 Å². The van der Waals surface area contributed by atoms with Crippen LogP contribution in [0.3, 0.4) is 0 Å². The maximum atomic E-state index is 13.2. The Balaban J connectivity index is 1.56. The lowest BCUT2D eigenvalue weighted by molar-refractivity contribution is 0.0734. The fraction of sp³-hybridized carbons (Fsp3) is 0. The number of esters is 1. The first-order chi connectivity index (χ1) is 16.2. The monoisotopic (exact) mass is 435 g/mol. The van der Waals surface area contributed by atoms with Crippen LogP contribution < -0.4 is 10.3 Å². The summed E-state index contributed by atoms with van der Waals surface area (Å²) in [7, 11) is 0. The Morgan fingerprint density at radius 2 is 1.67 bits per heavy atom. The van der Waals surface area contributed by atoms with E-state index in [0.29, 0.717) is 33.5 Å². The molecule has 0 fully saturated rings. The zero-order chi connectivity index (χ0) is 22.6. The van der Waals surface area contributed by atoms with E-state index in [-0.39, 0.29) is 11.4 Å². The number of nitrogens with zero attached hydrogens (tertiary/aromatic N) is 3. The van der Waals surface area contributed by atoms with Crippen molar-refractivity contribution in [1.29, 1.82) is 0 Å². The molecule has 0 saturated carbocycles. The van der Waals surface area contributed by atoms with Crippen LogP contribution in [-0.2, 0) is 0 Å². The Bertz CT molecular complexity index is 1520. The molecule has 0 saturated heterocycles. The topological polar surface area (TPSA) is 86.7 Å². The van der Waals surface area contributed by atoms with E-state index in [1.807, 2.05) is 12.1 Å². The molecule has 0 atom stereocenters. The molecule has 33 heavy (non-hydrogen) atoms. The zero-order valence-corrected chi connectivity index (χ0v) is 17.3. The van der Waals surface area contributed by atoms with Gasteiger partial charge in [-0.15, -0.1) is 0 Å². The van der Waals surface area contributed by atoms with E-state index in [4.69, 9.17) is 9.15 Å². The lowest BCUT2D eigenvalue weighted by atomic mass is 10.2. The van der Waals surface area contributed by atoms with Gasteiger partial charge in [0.1, 0.15) is 5.75 Å². The third kappa shape index (κ3) is 4.07. The van der Waals surface area contributed by atoms with E-state index in [0.717, 1.165) is 0 Å². The van der Waals surface area contributed by atoms with Gasteiger partial charge in [0.2, 0.25) is 5.82 Å². The second kappa shape index (κ2) is 8.76. The van der Waals surface area contributed by atoms with Crippen molar-refractivity contribution in [3.05, 3.63) is 119 Å². The molecule has 0 N–H and O–H groups in total. The van der Waals surface area contributed by atoms with E-state index in [1.54, 1.807) is 78.9 Å². The molecule has 5 aromatic rings. The van der Waals surface area contributed by atoms with Gasteiger partial charge in [0.25, 0.3) is 5.56 Å². The maximum absolute atomic E-state index is 13.2. The highest BCUT2D eigenvalue weighted by Gasteiger charge is 2.15. The highest BCUT2D eigenvalue weighted by molar-refractivity contribution is 5.93. The van der Waals surface area contributed by atoms with E-state index in [2.05, 4.69) is 10.1 Å². The summed E-state index contributed by atoms with van der Waals surface area (Å²) in [5.74, 6) is 0.492. The van der Waals surface area contributed by atoms with E-state index in [1.165, 1.54) is 17.2 Å². The molecule has 0 radical (unpaired) electrons. The average molecular weight is 435 g/mol. The quantitative estimate of drug-likeness (QED) is 0.226. The first kappa shape index (κ1) is 20.1. The van der Waals surface area contributed by atoms with E-state index >= 15 is 0 Å². The van der Waals surface area contributed by atoms with Crippen LogP contribution >= 0.6 is 0 Å². The number of furan rings is 1. The minimum atomic E-state index is -0.489. The second-order valence-corrected chi connectivity index (χ2v) is 7.08. The van der Waals surface area contributed by atoms with Crippen molar-refractivity contribution in [2.24, 2.45) is 5.10 Å². The number of hydrogen-bond donors (Lipinski definition) is 0. The predicted octanol–water partition coefficient (Wildman–Crippen LogP) is 4.76. The number of hydrogen-bond acceptors (Lipinski definition) is 6. The maximum Gasteiger partial charge on any atom is 0.343 e. The van der Waals surface area contributed by atoms with Crippen LogP contribution in [0, 0.1) is 0 Å². The summed E-state index contributed by atoms with van der Waals surface area (Å²) in [5.41, 5.74) is 1.14. The summed E-state index contributed by atoms with van der Waals surface area (Å²) < 4.78 is 12.2. The van der Waals surface area contributed by atoms with Gasteiger partial charge >= 0.3 is 5.97 Å². The molecular weight excluding hydrogens is 418 g/mol. The van der Waals surface area contributed by atoms with Crippen LogP contribution in [0.5, 0.6) is 5.75 Å². The van der Waals surface area contributed by atoms with E-state index < -0.39 is 5.97 Å². The number of benzene rings is 3. The van der Waals surface area contributed by atoms with Crippen molar-refractivity contribution in [3.63, 3.8) is 0 Å². The molecule has 0 aliphatic carbocycles. The summed E-state index contributed by atoms with van der Waals surface area (Å²) >= 11 is 0. The number of para-hydroxylation sites is 2. The Kier molecular flexibility index (Phi) is 5.35. The number of carbonyl (C=O) groups is 1. The summed E-state index contributed by atoms with van der Waals surface area (Å²) in [4.78, 5) is 30.3. The minimum Gasteiger partial charge on any atom is -0.461 e. The SMILES string of the molecule is O=C(Oc1ccccc1C=Nn1c(-c2ccco2)nc2ccccc2c1=O)c1ccccc1. The fourth-order valence-corrected chi connectivity index (χ4v) is 3.33. The Hall–Kier alpha value is -4.78. The lowest BCUT2D eigenvalue weighted by Gasteiger charge is -2.09. The lowest BCUT2D eigenvalue weighted by Crippen LogP contribution is -2.20. The number of ether oxygens (including phenoxy) is 1. The molecule has 2 aromatic heterocycles. The fourth-order valence-electron chi connectivity index (χ4n) is 3.33. The molecule has 0 aliphatic heterocycles. The first-order valence-corrected chi connectivity index (χ1v) is 10.2. The molecule has 7 heteroatoms. The first-order valence-electron chi connectivity index (χ1n) is 10.2. The Morgan fingerprint density at radius 3 is 2.48 bits per heavy atom. The van der Waals surface area contributed by atoms with Crippen molar-refractivity contribution >= 4 is 23.1 Å². The van der Waals surface area contributed by atoms with Crippen molar-refractivity contribution in [2.45, 2.75) is 0 Å². The largest absolute Gasteiger partial charge is 0.461 e. The van der Waals surface area contributed by atoms with Crippen molar-refractivity contribution in [2.75, 3.05) is 0 Å². The Labute approximate surface area is 188 Å². The van der Waals surface area contributed by atoms with Gasteiger partial charge in [0, 0.05) is 5.56 Å². The van der Waals surface area contributed by atoms with Crippen LogP contribution in [0.15, 0.2) is 112 Å². The summed E-state index contributed by atoms with van der Waals surface area (Å²) in [6.45, 7) is 0. The summed E-state index contributed by atoms with van der Waals surface area (Å²) in [5, 5.41) is 4.81. The van der Waals surface area contributed by atoms with Crippen LogP contribution in [0.4, 0.5) is 0 Å². The van der Waals surface area contributed by atoms with Crippen LogP contribution in [0.25, 0.3) is 22.5 Å². The molecule has 0 bridgehead atoms. The number of fused-ring (bicyclic) bond motifs is 1. The molecule has 0 unspecified atom stereocenters. The van der Waals surface area contributed by atoms with Gasteiger partial charge in [-0.25, -0.2) is 9.78 Å². The average Bonchev–Trinajstić information content (AvgIpc) is 3.40. The number of carbonyl (C=O) groups excluding carboxylic acids is 1. The number of aromatic nitrogens is 2. The second-order valence-electron chi connectivity index (χ2n) is 7.08. The third-order valence-electron chi connectivity index (χ3n) is 4.94. The molecular formula is C26H17N3O4. The molecule has 0 amide bonds. The van der Waals surface area contributed by atoms with Gasteiger partial charge in [0.05, 0.1) is 28.9 Å². The standard InChI is InChI=1S/C26H17N3O4/c30-25-20-12-5-6-13-21(20)28-24(23-15-8-16-32-23)29(25)27-17-19-11-4-7-14-22(19)33-26(31)18-9-2-1-3-10-18/h1-17H. The normalized spacial score (nSPS) is 11.2. The molecule has 0 aliphatic rings. The van der Waals surface area contributed by atoms with Crippen LogP contribution in [-0.4, -0.2) is 21.8 Å². The minimum absolute atomic E-state index is 0.263. The van der Waals surface area contributed by atoms with Crippen molar-refractivity contribution in [1.82, 2.24) is 9.66 Å².